The normalized spacial score (nSPS) is 30.8. The van der Waals surface area contributed by atoms with Crippen LogP contribution in [-0.2, 0) is 10.0 Å². The number of rotatable bonds is 2. The van der Waals surface area contributed by atoms with Gasteiger partial charge < -0.3 is 0 Å². The van der Waals surface area contributed by atoms with Crippen molar-refractivity contribution in [3.63, 3.8) is 0 Å². The van der Waals surface area contributed by atoms with E-state index in [1.54, 1.807) is 0 Å². The molecule has 0 amide bonds. The van der Waals surface area contributed by atoms with E-state index in [1.165, 1.54) is 11.2 Å². The Balaban J connectivity index is 2.99. The van der Waals surface area contributed by atoms with Crippen LogP contribution in [0.4, 0.5) is 0 Å². The molecule has 1 saturated heterocycles. The molecule has 0 N–H and O–H groups in total. The molecule has 0 aromatic carbocycles. The molecule has 15 heavy (non-hydrogen) atoms. The number of hydrogen-bond acceptors (Lipinski definition) is 3. The highest BCUT2D eigenvalue weighted by Crippen LogP contribution is 2.27. The first-order valence-electron chi connectivity index (χ1n) is 5.33. The fourth-order valence-electron chi connectivity index (χ4n) is 2.15. The van der Waals surface area contributed by atoms with Gasteiger partial charge in [0.2, 0.25) is 10.0 Å². The van der Waals surface area contributed by atoms with Crippen LogP contribution in [0.1, 0.15) is 40.0 Å². The lowest BCUT2D eigenvalue weighted by molar-refractivity contribution is 0.203. The first-order chi connectivity index (χ1) is 6.91. The lowest BCUT2D eigenvalue weighted by atomic mass is 10.0. The number of nitriles is 1. The largest absolute Gasteiger partial charge is 0.230 e. The Morgan fingerprint density at radius 2 is 1.80 bits per heavy atom. The summed E-state index contributed by atoms with van der Waals surface area (Å²) >= 11 is 0. The molecule has 1 aliphatic rings. The topological polar surface area (TPSA) is 61.2 Å². The van der Waals surface area contributed by atoms with E-state index in [0.29, 0.717) is 0 Å². The fourth-order valence-corrected chi connectivity index (χ4v) is 3.86. The molecule has 1 rings (SSSR count). The van der Waals surface area contributed by atoms with Crippen LogP contribution in [0.5, 0.6) is 0 Å². The number of piperidine rings is 1. The van der Waals surface area contributed by atoms with E-state index in [1.807, 2.05) is 19.9 Å². The molecule has 1 aliphatic heterocycles. The Bertz CT molecular complexity index is 348. The Hall–Kier alpha value is -0.600. The van der Waals surface area contributed by atoms with Crippen molar-refractivity contribution in [2.24, 2.45) is 0 Å². The van der Waals surface area contributed by atoms with Gasteiger partial charge in [0.1, 0.15) is 0 Å². The van der Waals surface area contributed by atoms with Crippen LogP contribution in [0.25, 0.3) is 0 Å². The third-order valence-corrected chi connectivity index (χ3v) is 5.34. The van der Waals surface area contributed by atoms with Crippen molar-refractivity contribution in [3.05, 3.63) is 0 Å². The lowest BCUT2D eigenvalue weighted by Gasteiger charge is -2.38. The van der Waals surface area contributed by atoms with Crippen molar-refractivity contribution in [1.29, 1.82) is 5.26 Å². The minimum Gasteiger partial charge on any atom is -0.211 e. The SMILES string of the molecule is CC1CCCC(C)N1S(=O)(=O)C(C)C#N. The summed E-state index contributed by atoms with van der Waals surface area (Å²) in [5.74, 6) is 0. The molecular formula is C10H18N2O2S. The van der Waals surface area contributed by atoms with Crippen LogP contribution in [0.15, 0.2) is 0 Å². The van der Waals surface area contributed by atoms with Crippen molar-refractivity contribution in [2.45, 2.75) is 57.4 Å². The first kappa shape index (κ1) is 12.5. The smallest absolute Gasteiger partial charge is 0.211 e. The molecule has 0 aromatic rings. The van der Waals surface area contributed by atoms with Crippen LogP contribution >= 0.6 is 0 Å². The third kappa shape index (κ3) is 2.32. The van der Waals surface area contributed by atoms with Crippen molar-refractivity contribution < 1.29 is 8.42 Å². The van der Waals surface area contributed by atoms with Crippen molar-refractivity contribution in [2.75, 3.05) is 0 Å². The first-order valence-corrected chi connectivity index (χ1v) is 6.83. The van der Waals surface area contributed by atoms with Crippen molar-refractivity contribution in [1.82, 2.24) is 4.31 Å². The molecule has 86 valence electrons. The van der Waals surface area contributed by atoms with E-state index < -0.39 is 15.3 Å². The minimum absolute atomic E-state index is 0.0227. The van der Waals surface area contributed by atoms with Gasteiger partial charge in [0.05, 0.1) is 6.07 Å². The Morgan fingerprint density at radius 3 is 2.20 bits per heavy atom. The second-order valence-corrected chi connectivity index (χ2v) is 6.43. The van der Waals surface area contributed by atoms with Gasteiger partial charge in [-0.25, -0.2) is 8.42 Å². The molecule has 3 atom stereocenters. The van der Waals surface area contributed by atoms with Gasteiger partial charge in [-0.15, -0.1) is 0 Å². The summed E-state index contributed by atoms with van der Waals surface area (Å²) < 4.78 is 25.6. The average molecular weight is 230 g/mol. The molecular weight excluding hydrogens is 212 g/mol. The van der Waals surface area contributed by atoms with Gasteiger partial charge in [-0.3, -0.25) is 0 Å². The maximum Gasteiger partial charge on any atom is 0.230 e. The summed E-state index contributed by atoms with van der Waals surface area (Å²) in [6.07, 6.45) is 2.85. The summed E-state index contributed by atoms with van der Waals surface area (Å²) in [7, 11) is -3.44. The van der Waals surface area contributed by atoms with Gasteiger partial charge >= 0.3 is 0 Å². The second-order valence-electron chi connectivity index (χ2n) is 4.28. The van der Waals surface area contributed by atoms with E-state index in [0.717, 1.165) is 19.3 Å². The maximum atomic E-state index is 12.0. The third-order valence-electron chi connectivity index (χ3n) is 3.04. The highest BCUT2D eigenvalue weighted by Gasteiger charge is 2.37. The molecule has 0 saturated carbocycles. The Morgan fingerprint density at radius 1 is 1.33 bits per heavy atom. The summed E-state index contributed by atoms with van der Waals surface area (Å²) in [6.45, 7) is 5.28. The summed E-state index contributed by atoms with van der Waals surface area (Å²) in [4.78, 5) is 0. The van der Waals surface area contributed by atoms with E-state index in [-0.39, 0.29) is 12.1 Å². The molecule has 0 spiro atoms. The molecule has 5 heteroatoms. The molecule has 4 nitrogen and oxygen atoms in total. The predicted octanol–water partition coefficient (Wildman–Crippen LogP) is 1.49. The zero-order chi connectivity index (χ0) is 11.6. The summed E-state index contributed by atoms with van der Waals surface area (Å²) in [5.41, 5.74) is 0. The minimum atomic E-state index is -3.44. The standard InChI is InChI=1S/C10H18N2O2S/c1-8-5-4-6-9(2)12(8)15(13,14)10(3)7-11/h8-10H,4-6H2,1-3H3. The van der Waals surface area contributed by atoms with Crippen LogP contribution in [-0.4, -0.2) is 30.1 Å². The maximum absolute atomic E-state index is 12.0. The fraction of sp³-hybridized carbons (Fsp3) is 0.900. The highest BCUT2D eigenvalue weighted by atomic mass is 32.2. The van der Waals surface area contributed by atoms with E-state index >= 15 is 0 Å². The van der Waals surface area contributed by atoms with Gasteiger partial charge in [0.25, 0.3) is 0 Å². The van der Waals surface area contributed by atoms with Gasteiger partial charge in [-0.05, 0) is 33.6 Å². The lowest BCUT2D eigenvalue weighted by Crippen LogP contribution is -2.50. The number of hydrogen-bond donors (Lipinski definition) is 0. The predicted molar refractivity (Wildman–Crippen MR) is 58.6 cm³/mol. The summed E-state index contributed by atoms with van der Waals surface area (Å²) in [5, 5.41) is 7.77. The van der Waals surface area contributed by atoms with E-state index in [4.69, 9.17) is 5.26 Å². The van der Waals surface area contributed by atoms with Crippen LogP contribution in [0.2, 0.25) is 0 Å². The monoisotopic (exact) mass is 230 g/mol. The molecule has 1 heterocycles. The number of sulfonamides is 1. The zero-order valence-corrected chi connectivity index (χ0v) is 10.3. The molecule has 0 bridgehead atoms. The summed E-state index contributed by atoms with van der Waals surface area (Å²) in [6, 6.07) is 1.86. The van der Waals surface area contributed by atoms with Gasteiger partial charge in [0, 0.05) is 12.1 Å². The van der Waals surface area contributed by atoms with Crippen LogP contribution in [0, 0.1) is 11.3 Å². The molecule has 0 aliphatic carbocycles. The van der Waals surface area contributed by atoms with Gasteiger partial charge in [-0.2, -0.15) is 9.57 Å². The highest BCUT2D eigenvalue weighted by molar-refractivity contribution is 7.90. The van der Waals surface area contributed by atoms with Crippen LogP contribution in [0.3, 0.4) is 0 Å². The average Bonchev–Trinajstić information content (AvgIpc) is 2.15. The van der Waals surface area contributed by atoms with Crippen molar-refractivity contribution >= 4 is 10.0 Å². The quantitative estimate of drug-likeness (QED) is 0.722. The molecule has 1 fully saturated rings. The Kier molecular flexibility index (Phi) is 3.74. The second kappa shape index (κ2) is 4.50. The van der Waals surface area contributed by atoms with E-state index in [2.05, 4.69) is 0 Å². The molecule has 0 radical (unpaired) electrons. The zero-order valence-electron chi connectivity index (χ0n) is 9.47. The molecule has 3 unspecified atom stereocenters. The Labute approximate surface area is 91.9 Å². The van der Waals surface area contributed by atoms with E-state index in [9.17, 15) is 8.42 Å². The van der Waals surface area contributed by atoms with Gasteiger partial charge in [0.15, 0.2) is 5.25 Å². The van der Waals surface area contributed by atoms with Gasteiger partial charge in [-0.1, -0.05) is 6.42 Å². The van der Waals surface area contributed by atoms with Crippen molar-refractivity contribution in [3.8, 4) is 6.07 Å². The van der Waals surface area contributed by atoms with Crippen LogP contribution < -0.4 is 0 Å². The number of nitrogens with zero attached hydrogens (tertiary/aromatic N) is 2. The molecule has 0 aromatic heterocycles.